The van der Waals surface area contributed by atoms with Crippen molar-refractivity contribution in [3.05, 3.63) is 95.4 Å². The van der Waals surface area contributed by atoms with E-state index in [0.717, 1.165) is 0 Å². The average molecular weight is 473 g/mol. The van der Waals surface area contributed by atoms with Crippen LogP contribution in [0.3, 0.4) is 0 Å². The van der Waals surface area contributed by atoms with Crippen LogP contribution in [0.5, 0.6) is 5.75 Å². The lowest BCUT2D eigenvalue weighted by molar-refractivity contribution is -0.119. The van der Waals surface area contributed by atoms with Gasteiger partial charge in [0.1, 0.15) is 36.7 Å². The first kappa shape index (κ1) is 23.4. The summed E-state index contributed by atoms with van der Waals surface area (Å²) in [5.41, 5.74) is 0.816. The van der Waals surface area contributed by atoms with E-state index in [1.807, 2.05) is 30.3 Å². The first-order valence-electron chi connectivity index (χ1n) is 10.8. The summed E-state index contributed by atoms with van der Waals surface area (Å²) in [6.07, 6.45) is 2.83. The van der Waals surface area contributed by atoms with E-state index in [9.17, 15) is 14.4 Å². The van der Waals surface area contributed by atoms with Crippen LogP contribution in [0.1, 0.15) is 23.5 Å². The first-order chi connectivity index (χ1) is 17.0. The van der Waals surface area contributed by atoms with Crippen LogP contribution < -0.4 is 20.9 Å². The molecule has 1 unspecified atom stereocenters. The van der Waals surface area contributed by atoms with Gasteiger partial charge in [-0.1, -0.05) is 18.2 Å². The van der Waals surface area contributed by atoms with E-state index in [4.69, 9.17) is 4.74 Å². The van der Waals surface area contributed by atoms with Crippen LogP contribution in [0.25, 0.3) is 0 Å². The highest BCUT2D eigenvalue weighted by Crippen LogP contribution is 2.16. The highest BCUT2D eigenvalue weighted by molar-refractivity contribution is 6.03. The van der Waals surface area contributed by atoms with Gasteiger partial charge in [0.15, 0.2) is 0 Å². The van der Waals surface area contributed by atoms with Crippen molar-refractivity contribution in [3.8, 4) is 5.75 Å². The smallest absolute Gasteiger partial charge is 0.276 e. The molecule has 2 amide bonds. The van der Waals surface area contributed by atoms with Gasteiger partial charge < -0.3 is 15.4 Å². The zero-order chi connectivity index (χ0) is 24.6. The zero-order valence-electron chi connectivity index (χ0n) is 18.9. The number of carbonyl (C=O) groups excluding carboxylic acids is 2. The molecule has 11 nitrogen and oxygen atoms in total. The number of benzene rings is 2. The molecule has 0 fully saturated rings. The number of aromatic nitrogens is 5. The lowest BCUT2D eigenvalue weighted by atomic mass is 10.2. The Morgan fingerprint density at radius 1 is 0.971 bits per heavy atom. The van der Waals surface area contributed by atoms with Crippen molar-refractivity contribution < 1.29 is 14.3 Å². The van der Waals surface area contributed by atoms with E-state index >= 15 is 0 Å². The van der Waals surface area contributed by atoms with Gasteiger partial charge >= 0.3 is 0 Å². The summed E-state index contributed by atoms with van der Waals surface area (Å²) in [6, 6.07) is 18.0. The summed E-state index contributed by atoms with van der Waals surface area (Å²) in [4.78, 5) is 41.0. The van der Waals surface area contributed by atoms with Gasteiger partial charge in [-0.05, 0) is 49.4 Å². The molecule has 2 N–H and O–H groups in total. The van der Waals surface area contributed by atoms with Gasteiger partial charge in [0.25, 0.3) is 11.5 Å². The molecule has 2 aromatic heterocycles. The van der Waals surface area contributed by atoms with E-state index < -0.39 is 11.9 Å². The Kier molecular flexibility index (Phi) is 7.26. The Balaban J connectivity index is 1.33. The molecule has 2 aromatic carbocycles. The Morgan fingerprint density at radius 3 is 2.37 bits per heavy atom. The Hall–Kier alpha value is -4.80. The van der Waals surface area contributed by atoms with Crippen molar-refractivity contribution in [3.63, 3.8) is 0 Å². The third-order valence-corrected chi connectivity index (χ3v) is 5.04. The van der Waals surface area contributed by atoms with Crippen LogP contribution in [0.15, 0.2) is 84.2 Å². The molecule has 4 rings (SSSR count). The van der Waals surface area contributed by atoms with Gasteiger partial charge in [0.05, 0.1) is 6.54 Å². The molecule has 0 saturated carbocycles. The second-order valence-corrected chi connectivity index (χ2v) is 7.51. The number of hydrogen-bond donors (Lipinski definition) is 2. The van der Waals surface area contributed by atoms with Gasteiger partial charge in [0, 0.05) is 17.4 Å². The number of amides is 2. The molecule has 4 aromatic rings. The molecule has 2 heterocycles. The molecular formula is C24H23N7O4. The summed E-state index contributed by atoms with van der Waals surface area (Å²) in [7, 11) is 0. The minimum Gasteiger partial charge on any atom is -0.492 e. The van der Waals surface area contributed by atoms with E-state index in [1.54, 1.807) is 31.2 Å². The maximum atomic E-state index is 12.7. The predicted molar refractivity (Wildman–Crippen MR) is 128 cm³/mol. The van der Waals surface area contributed by atoms with E-state index in [2.05, 4.69) is 25.8 Å². The Morgan fingerprint density at radius 2 is 1.69 bits per heavy atom. The monoisotopic (exact) mass is 473 g/mol. The Labute approximate surface area is 200 Å². The number of nitrogens with one attached hydrogen (secondary N) is 2. The number of hydrogen-bond acceptors (Lipinski definition) is 7. The SMILES string of the molecule is CC(C(=O)Nc1ccc(NC(=O)c2ccc(=O)n(CCOc3ccccc3)n2)cc1)n1cncn1. The molecule has 1 atom stereocenters. The Bertz CT molecular complexity index is 1340. The van der Waals surface area contributed by atoms with Crippen molar-refractivity contribution in [2.24, 2.45) is 0 Å². The minimum absolute atomic E-state index is 0.0864. The van der Waals surface area contributed by atoms with Crippen LogP contribution in [-0.2, 0) is 11.3 Å². The molecule has 0 radical (unpaired) electrons. The molecule has 0 aliphatic heterocycles. The van der Waals surface area contributed by atoms with Gasteiger partial charge in [-0.2, -0.15) is 10.2 Å². The summed E-state index contributed by atoms with van der Waals surface area (Å²) in [5, 5.41) is 13.6. The highest BCUT2D eigenvalue weighted by atomic mass is 16.5. The van der Waals surface area contributed by atoms with E-state index in [-0.39, 0.29) is 30.3 Å². The second-order valence-electron chi connectivity index (χ2n) is 7.51. The molecule has 11 heteroatoms. The number of anilines is 2. The quantitative estimate of drug-likeness (QED) is 0.381. The molecule has 0 saturated heterocycles. The summed E-state index contributed by atoms with van der Waals surface area (Å²) in [5.74, 6) is -0.0451. The first-order valence-corrected chi connectivity index (χ1v) is 10.8. The number of para-hydroxylation sites is 1. The predicted octanol–water partition coefficient (Wildman–Crippen LogP) is 2.37. The van der Waals surface area contributed by atoms with Gasteiger partial charge in [0.2, 0.25) is 5.91 Å². The fraction of sp³-hybridized carbons (Fsp3) is 0.167. The molecular weight excluding hydrogens is 450 g/mol. The maximum absolute atomic E-state index is 12.7. The fourth-order valence-electron chi connectivity index (χ4n) is 3.11. The topological polar surface area (TPSA) is 133 Å². The fourth-order valence-corrected chi connectivity index (χ4v) is 3.11. The van der Waals surface area contributed by atoms with Crippen LogP contribution in [0, 0.1) is 0 Å². The number of rotatable bonds is 9. The van der Waals surface area contributed by atoms with Crippen molar-refractivity contribution in [1.29, 1.82) is 0 Å². The van der Waals surface area contributed by atoms with Crippen LogP contribution in [-0.4, -0.2) is 43.0 Å². The molecule has 35 heavy (non-hydrogen) atoms. The molecule has 0 aliphatic rings. The van der Waals surface area contributed by atoms with Crippen molar-refractivity contribution in [2.45, 2.75) is 19.5 Å². The molecule has 0 bridgehead atoms. The van der Waals surface area contributed by atoms with Crippen molar-refractivity contribution in [2.75, 3.05) is 17.2 Å². The number of ether oxygens (including phenoxy) is 1. The largest absolute Gasteiger partial charge is 0.492 e. The van der Waals surface area contributed by atoms with Gasteiger partial charge in [-0.25, -0.2) is 14.3 Å². The van der Waals surface area contributed by atoms with E-state index in [1.165, 1.54) is 34.2 Å². The third-order valence-electron chi connectivity index (χ3n) is 5.04. The number of nitrogens with zero attached hydrogens (tertiary/aromatic N) is 5. The molecule has 0 spiro atoms. The lowest BCUT2D eigenvalue weighted by Gasteiger charge is -2.12. The standard InChI is InChI=1S/C24H23N7O4/c1-17(31-16-25-15-26-31)23(33)27-18-7-9-19(10-8-18)28-24(34)21-11-12-22(32)30(29-21)13-14-35-20-5-3-2-4-6-20/h2-12,15-17H,13-14H2,1H3,(H,27,33)(H,28,34). The van der Waals surface area contributed by atoms with Crippen LogP contribution in [0.4, 0.5) is 11.4 Å². The summed E-state index contributed by atoms with van der Waals surface area (Å²) >= 11 is 0. The average Bonchev–Trinajstić information content (AvgIpc) is 3.41. The lowest BCUT2D eigenvalue weighted by Crippen LogP contribution is -2.28. The normalized spacial score (nSPS) is 11.5. The minimum atomic E-state index is -0.531. The maximum Gasteiger partial charge on any atom is 0.276 e. The van der Waals surface area contributed by atoms with Crippen LogP contribution >= 0.6 is 0 Å². The molecule has 178 valence electrons. The van der Waals surface area contributed by atoms with Crippen molar-refractivity contribution >= 4 is 23.2 Å². The van der Waals surface area contributed by atoms with Gasteiger partial charge in [-0.15, -0.1) is 0 Å². The molecule has 0 aliphatic carbocycles. The zero-order valence-corrected chi connectivity index (χ0v) is 18.9. The second kappa shape index (κ2) is 10.9. The third kappa shape index (κ3) is 6.16. The summed E-state index contributed by atoms with van der Waals surface area (Å²) in [6.45, 7) is 2.12. The highest BCUT2D eigenvalue weighted by Gasteiger charge is 2.16. The van der Waals surface area contributed by atoms with E-state index in [0.29, 0.717) is 17.1 Å². The van der Waals surface area contributed by atoms with Gasteiger partial charge in [-0.3, -0.25) is 14.4 Å². The van der Waals surface area contributed by atoms with Crippen LogP contribution in [0.2, 0.25) is 0 Å². The van der Waals surface area contributed by atoms with Crippen molar-refractivity contribution in [1.82, 2.24) is 24.5 Å². The number of carbonyl (C=O) groups is 2. The summed E-state index contributed by atoms with van der Waals surface area (Å²) < 4.78 is 8.23.